The van der Waals surface area contributed by atoms with Crippen LogP contribution in [0.4, 0.5) is 11.4 Å². The van der Waals surface area contributed by atoms with E-state index in [9.17, 15) is 4.79 Å². The van der Waals surface area contributed by atoms with Crippen molar-refractivity contribution in [3.63, 3.8) is 0 Å². The van der Waals surface area contributed by atoms with Crippen molar-refractivity contribution in [1.82, 2.24) is 4.98 Å². The molecule has 5 nitrogen and oxygen atoms in total. The van der Waals surface area contributed by atoms with Gasteiger partial charge in [0.1, 0.15) is 12.4 Å². The van der Waals surface area contributed by atoms with Crippen LogP contribution in [0.1, 0.15) is 36.7 Å². The molecule has 0 aliphatic carbocycles. The number of aromatic nitrogens is 1. The largest absolute Gasteiger partial charge is 0.489 e. The third-order valence-corrected chi connectivity index (χ3v) is 3.88. The minimum absolute atomic E-state index is 0.105. The molecule has 0 atom stereocenters. The van der Waals surface area contributed by atoms with Crippen molar-refractivity contribution >= 4 is 17.3 Å². The first-order valence-corrected chi connectivity index (χ1v) is 9.20. The molecule has 0 saturated heterocycles. The normalized spacial score (nSPS) is 11.0. The quantitative estimate of drug-likeness (QED) is 0.627. The molecule has 2 N–H and O–H groups in total. The molecule has 0 spiro atoms. The van der Waals surface area contributed by atoms with Crippen LogP contribution in [0.3, 0.4) is 0 Å². The Morgan fingerprint density at radius 1 is 0.964 bits per heavy atom. The van der Waals surface area contributed by atoms with Gasteiger partial charge in [0.25, 0.3) is 5.91 Å². The first-order chi connectivity index (χ1) is 13.4. The van der Waals surface area contributed by atoms with E-state index in [1.165, 1.54) is 0 Å². The average Bonchev–Trinajstić information content (AvgIpc) is 2.67. The van der Waals surface area contributed by atoms with Crippen LogP contribution in [0.2, 0.25) is 0 Å². The molecule has 0 aliphatic rings. The molecule has 1 amide bonds. The number of nitrogens with one attached hydrogen (secondary N) is 2. The number of amides is 1. The molecular formula is C23H25N3O2. The summed E-state index contributed by atoms with van der Waals surface area (Å²) < 4.78 is 5.77. The summed E-state index contributed by atoms with van der Waals surface area (Å²) >= 11 is 0. The van der Waals surface area contributed by atoms with Gasteiger partial charge in [0, 0.05) is 23.6 Å². The zero-order chi connectivity index (χ0) is 20.0. The maximum atomic E-state index is 12.5. The lowest BCUT2D eigenvalue weighted by Gasteiger charge is -2.22. The topological polar surface area (TPSA) is 63.2 Å². The Morgan fingerprint density at radius 3 is 2.36 bits per heavy atom. The number of pyridine rings is 1. The number of benzene rings is 2. The van der Waals surface area contributed by atoms with Crippen LogP contribution >= 0.6 is 0 Å². The highest BCUT2D eigenvalue weighted by molar-refractivity contribution is 6.04. The first kappa shape index (κ1) is 19.4. The fourth-order valence-electron chi connectivity index (χ4n) is 2.64. The molecule has 1 heterocycles. The second kappa shape index (κ2) is 8.57. The number of ether oxygens (including phenoxy) is 1. The van der Waals surface area contributed by atoms with Gasteiger partial charge < -0.3 is 15.4 Å². The molecule has 144 valence electrons. The van der Waals surface area contributed by atoms with Crippen LogP contribution in [0.15, 0.2) is 73.1 Å². The summed E-state index contributed by atoms with van der Waals surface area (Å²) in [7, 11) is 0. The minimum atomic E-state index is -0.206. The molecule has 1 aromatic heterocycles. The monoisotopic (exact) mass is 375 g/mol. The van der Waals surface area contributed by atoms with Crippen molar-refractivity contribution < 1.29 is 9.53 Å². The molecule has 28 heavy (non-hydrogen) atoms. The first-order valence-electron chi connectivity index (χ1n) is 9.20. The van der Waals surface area contributed by atoms with Gasteiger partial charge in [0.2, 0.25) is 0 Å². The van der Waals surface area contributed by atoms with E-state index in [1.54, 1.807) is 18.5 Å². The Kier molecular flexibility index (Phi) is 5.94. The molecule has 0 radical (unpaired) electrons. The summed E-state index contributed by atoms with van der Waals surface area (Å²) in [5.41, 5.74) is 3.01. The molecule has 0 fully saturated rings. The molecule has 0 unspecified atom stereocenters. The third kappa shape index (κ3) is 5.84. The Hall–Kier alpha value is -3.34. The van der Waals surface area contributed by atoms with Crippen LogP contribution in [-0.4, -0.2) is 16.4 Å². The van der Waals surface area contributed by atoms with Crippen molar-refractivity contribution in [2.24, 2.45) is 0 Å². The summed E-state index contributed by atoms with van der Waals surface area (Å²) in [6.07, 6.45) is 3.27. The Bertz CT molecular complexity index is 917. The van der Waals surface area contributed by atoms with Crippen molar-refractivity contribution in [1.29, 1.82) is 0 Å². The van der Waals surface area contributed by atoms with Crippen molar-refractivity contribution in [3.8, 4) is 5.75 Å². The van der Waals surface area contributed by atoms with E-state index in [0.717, 1.165) is 17.0 Å². The highest BCUT2D eigenvalue weighted by atomic mass is 16.5. The highest BCUT2D eigenvalue weighted by Gasteiger charge is 2.12. The zero-order valence-electron chi connectivity index (χ0n) is 16.4. The predicted octanol–water partition coefficient (Wildman–Crippen LogP) is 5.12. The SMILES string of the molecule is CC(C)(C)Nc1cncc(C(=O)Nc2ccc(OCc3ccccc3)cc2)c1. The number of hydrogen-bond donors (Lipinski definition) is 2. The van der Waals surface area contributed by atoms with Crippen LogP contribution in [0, 0.1) is 0 Å². The summed E-state index contributed by atoms with van der Waals surface area (Å²) in [6, 6.07) is 19.1. The second-order valence-corrected chi connectivity index (χ2v) is 7.59. The molecule has 3 rings (SSSR count). The average molecular weight is 375 g/mol. The Balaban J connectivity index is 1.59. The van der Waals surface area contributed by atoms with E-state index < -0.39 is 0 Å². The molecule has 5 heteroatoms. The lowest BCUT2D eigenvalue weighted by Crippen LogP contribution is -2.26. The van der Waals surface area contributed by atoms with Gasteiger partial charge in [-0.1, -0.05) is 30.3 Å². The number of carbonyl (C=O) groups excluding carboxylic acids is 1. The number of rotatable bonds is 6. The van der Waals surface area contributed by atoms with Crippen LogP contribution in [-0.2, 0) is 6.61 Å². The van der Waals surface area contributed by atoms with Gasteiger partial charge in [-0.15, -0.1) is 0 Å². The van der Waals surface area contributed by atoms with Crippen molar-refractivity contribution in [2.75, 3.05) is 10.6 Å². The predicted molar refractivity (Wildman–Crippen MR) is 113 cm³/mol. The fourth-order valence-corrected chi connectivity index (χ4v) is 2.64. The summed E-state index contributed by atoms with van der Waals surface area (Å²) in [5.74, 6) is 0.544. The number of nitrogens with zero attached hydrogens (tertiary/aromatic N) is 1. The van der Waals surface area contributed by atoms with E-state index in [0.29, 0.717) is 17.9 Å². The maximum absolute atomic E-state index is 12.5. The standard InChI is InChI=1S/C23H25N3O2/c1-23(2,3)26-20-13-18(14-24-15-20)22(27)25-19-9-11-21(12-10-19)28-16-17-7-5-4-6-8-17/h4-15,26H,16H2,1-3H3,(H,25,27). The summed E-state index contributed by atoms with van der Waals surface area (Å²) in [4.78, 5) is 16.7. The van der Waals surface area contributed by atoms with Gasteiger partial charge in [-0.3, -0.25) is 9.78 Å². The summed E-state index contributed by atoms with van der Waals surface area (Å²) in [5, 5.41) is 6.20. The Morgan fingerprint density at radius 2 is 1.68 bits per heavy atom. The molecular weight excluding hydrogens is 350 g/mol. The third-order valence-electron chi connectivity index (χ3n) is 3.88. The fraction of sp³-hybridized carbons (Fsp3) is 0.217. The maximum Gasteiger partial charge on any atom is 0.257 e. The van der Waals surface area contributed by atoms with Gasteiger partial charge in [-0.2, -0.15) is 0 Å². The van der Waals surface area contributed by atoms with Gasteiger partial charge in [-0.05, 0) is 56.7 Å². The molecule has 0 saturated carbocycles. The molecule has 2 aromatic carbocycles. The van der Waals surface area contributed by atoms with Crippen molar-refractivity contribution in [3.05, 3.63) is 84.2 Å². The van der Waals surface area contributed by atoms with Gasteiger partial charge in [0.05, 0.1) is 11.3 Å². The van der Waals surface area contributed by atoms with Crippen LogP contribution in [0.25, 0.3) is 0 Å². The van der Waals surface area contributed by atoms with Crippen molar-refractivity contribution in [2.45, 2.75) is 32.9 Å². The van der Waals surface area contributed by atoms with E-state index in [-0.39, 0.29) is 11.4 Å². The van der Waals surface area contributed by atoms with Gasteiger partial charge in [0.15, 0.2) is 0 Å². The van der Waals surface area contributed by atoms with E-state index >= 15 is 0 Å². The van der Waals surface area contributed by atoms with E-state index in [1.807, 2.05) is 54.6 Å². The summed E-state index contributed by atoms with van der Waals surface area (Å²) in [6.45, 7) is 6.68. The van der Waals surface area contributed by atoms with E-state index in [4.69, 9.17) is 4.74 Å². The van der Waals surface area contributed by atoms with E-state index in [2.05, 4.69) is 36.4 Å². The lowest BCUT2D eigenvalue weighted by molar-refractivity contribution is 0.102. The van der Waals surface area contributed by atoms with Crippen LogP contribution < -0.4 is 15.4 Å². The van der Waals surface area contributed by atoms with Crippen LogP contribution in [0.5, 0.6) is 5.75 Å². The number of anilines is 2. The number of hydrogen-bond acceptors (Lipinski definition) is 4. The molecule has 0 bridgehead atoms. The molecule has 3 aromatic rings. The number of carbonyl (C=O) groups is 1. The lowest BCUT2D eigenvalue weighted by atomic mass is 10.1. The highest BCUT2D eigenvalue weighted by Crippen LogP contribution is 2.19. The smallest absolute Gasteiger partial charge is 0.257 e. The van der Waals surface area contributed by atoms with Gasteiger partial charge in [-0.25, -0.2) is 0 Å². The second-order valence-electron chi connectivity index (χ2n) is 7.59. The minimum Gasteiger partial charge on any atom is -0.489 e. The molecule has 0 aliphatic heterocycles. The zero-order valence-corrected chi connectivity index (χ0v) is 16.4. The Labute approximate surface area is 165 Å². The van der Waals surface area contributed by atoms with Gasteiger partial charge >= 0.3 is 0 Å².